The molecule has 172 valence electrons. The van der Waals surface area contributed by atoms with Gasteiger partial charge in [-0.05, 0) is 67.8 Å². The minimum absolute atomic E-state index is 0.0827. The maximum atomic E-state index is 13.3. The summed E-state index contributed by atoms with van der Waals surface area (Å²) in [6.45, 7) is 7.81. The van der Waals surface area contributed by atoms with Gasteiger partial charge in [-0.2, -0.15) is 0 Å². The van der Waals surface area contributed by atoms with E-state index in [0.29, 0.717) is 34.7 Å². The second-order valence-electron chi connectivity index (χ2n) is 8.51. The lowest BCUT2D eigenvalue weighted by Gasteiger charge is -2.43. The topological polar surface area (TPSA) is 35.6 Å². The molecule has 1 N–H and O–H groups in total. The van der Waals surface area contributed by atoms with E-state index in [2.05, 4.69) is 29.3 Å². The Morgan fingerprint density at radius 2 is 1.52 bits per heavy atom. The molecule has 0 spiro atoms. The number of piperazine rings is 1. The third-order valence-electron chi connectivity index (χ3n) is 6.05. The molecule has 1 heterocycles. The van der Waals surface area contributed by atoms with Crippen molar-refractivity contribution < 1.29 is 4.79 Å². The highest BCUT2D eigenvalue weighted by molar-refractivity contribution is 6.36. The molecule has 1 fully saturated rings. The van der Waals surface area contributed by atoms with Crippen molar-refractivity contribution in [3.05, 3.63) is 91.9 Å². The first kappa shape index (κ1) is 23.7. The van der Waals surface area contributed by atoms with Gasteiger partial charge in [0, 0.05) is 35.4 Å². The van der Waals surface area contributed by atoms with Crippen molar-refractivity contribution in [2.75, 3.05) is 29.9 Å². The van der Waals surface area contributed by atoms with E-state index in [4.69, 9.17) is 34.8 Å². The van der Waals surface area contributed by atoms with Gasteiger partial charge in [0.25, 0.3) is 0 Å². The average molecular weight is 503 g/mol. The number of carbonyl (C=O) groups excluding carboxylic acids is 1. The molecule has 4 nitrogen and oxygen atoms in total. The minimum atomic E-state index is -0.106. The van der Waals surface area contributed by atoms with Crippen LogP contribution in [0.4, 0.5) is 16.2 Å². The molecule has 3 aromatic rings. The molecule has 7 heteroatoms. The van der Waals surface area contributed by atoms with Crippen molar-refractivity contribution in [2.24, 2.45) is 0 Å². The summed E-state index contributed by atoms with van der Waals surface area (Å²) in [4.78, 5) is 17.4. The van der Waals surface area contributed by atoms with Crippen molar-refractivity contribution in [2.45, 2.75) is 26.8 Å². The number of amides is 2. The fourth-order valence-electron chi connectivity index (χ4n) is 4.50. The van der Waals surface area contributed by atoms with Crippen molar-refractivity contribution >= 4 is 52.2 Å². The number of urea groups is 1. The lowest BCUT2D eigenvalue weighted by atomic mass is 10.0. The van der Waals surface area contributed by atoms with Crippen molar-refractivity contribution in [1.82, 2.24) is 4.90 Å². The Morgan fingerprint density at radius 3 is 2.15 bits per heavy atom. The van der Waals surface area contributed by atoms with Crippen molar-refractivity contribution in [3.8, 4) is 0 Å². The number of nitrogens with zero attached hydrogens (tertiary/aromatic N) is 2. The Hall–Kier alpha value is -2.40. The van der Waals surface area contributed by atoms with Gasteiger partial charge in [-0.25, -0.2) is 4.79 Å². The van der Waals surface area contributed by atoms with E-state index < -0.39 is 0 Å². The summed E-state index contributed by atoms with van der Waals surface area (Å²) < 4.78 is 0. The van der Waals surface area contributed by atoms with Gasteiger partial charge >= 0.3 is 6.03 Å². The zero-order valence-corrected chi connectivity index (χ0v) is 21.1. The van der Waals surface area contributed by atoms with Gasteiger partial charge in [0.1, 0.15) is 0 Å². The standard InChI is InChI=1S/C26H26Cl3N3O/c1-16-12-17(2)25(18(3)13-16)30-26(33)31-10-11-32(23-9-8-21(28)14-22(23)29)24(15-31)19-4-6-20(27)7-5-19/h4-9,12-14,24H,10-11,15H2,1-3H3,(H,30,33). The van der Waals surface area contributed by atoms with E-state index in [9.17, 15) is 4.79 Å². The molecule has 0 bridgehead atoms. The number of hydrogen-bond donors (Lipinski definition) is 1. The van der Waals surface area contributed by atoms with Gasteiger partial charge in [-0.15, -0.1) is 0 Å². The first-order chi connectivity index (χ1) is 15.7. The van der Waals surface area contributed by atoms with Gasteiger partial charge in [-0.1, -0.05) is 64.6 Å². The first-order valence-electron chi connectivity index (χ1n) is 10.8. The van der Waals surface area contributed by atoms with Gasteiger partial charge in [0.2, 0.25) is 0 Å². The van der Waals surface area contributed by atoms with E-state index in [0.717, 1.165) is 28.1 Å². The van der Waals surface area contributed by atoms with Crippen molar-refractivity contribution in [3.63, 3.8) is 0 Å². The second kappa shape index (κ2) is 9.84. The van der Waals surface area contributed by atoms with Crippen LogP contribution in [0, 0.1) is 20.8 Å². The maximum Gasteiger partial charge on any atom is 0.322 e. The first-order valence-corrected chi connectivity index (χ1v) is 12.0. The molecular formula is C26H26Cl3N3O. The summed E-state index contributed by atoms with van der Waals surface area (Å²) in [5.74, 6) is 0. The largest absolute Gasteiger partial charge is 0.360 e. The van der Waals surface area contributed by atoms with Crippen LogP contribution in [0.3, 0.4) is 0 Å². The Kier molecular flexibility index (Phi) is 7.08. The quantitative estimate of drug-likeness (QED) is 0.399. The van der Waals surface area contributed by atoms with Crippen LogP contribution in [-0.4, -0.2) is 30.6 Å². The number of hydrogen-bond acceptors (Lipinski definition) is 2. The lowest BCUT2D eigenvalue weighted by molar-refractivity contribution is 0.198. The normalized spacial score (nSPS) is 16.1. The molecule has 1 aliphatic heterocycles. The smallest absolute Gasteiger partial charge is 0.322 e. The summed E-state index contributed by atoms with van der Waals surface area (Å²) in [6.07, 6.45) is 0. The number of nitrogens with one attached hydrogen (secondary N) is 1. The zero-order valence-electron chi connectivity index (χ0n) is 18.8. The number of halogens is 3. The molecule has 1 aliphatic rings. The van der Waals surface area contributed by atoms with Crippen molar-refractivity contribution in [1.29, 1.82) is 0 Å². The van der Waals surface area contributed by atoms with Gasteiger partial charge in [0.15, 0.2) is 0 Å². The van der Waals surface area contributed by atoms with Crippen LogP contribution < -0.4 is 10.2 Å². The Bertz CT molecular complexity index is 1160. The number of aryl methyl sites for hydroxylation is 3. The van der Waals surface area contributed by atoms with E-state index in [1.807, 2.05) is 55.1 Å². The van der Waals surface area contributed by atoms with E-state index in [1.54, 1.807) is 6.07 Å². The van der Waals surface area contributed by atoms with Gasteiger partial charge in [-0.3, -0.25) is 0 Å². The van der Waals surface area contributed by atoms with E-state index >= 15 is 0 Å². The molecule has 2 amide bonds. The molecule has 33 heavy (non-hydrogen) atoms. The fourth-order valence-corrected chi connectivity index (χ4v) is 5.15. The SMILES string of the molecule is Cc1cc(C)c(NC(=O)N2CCN(c3ccc(Cl)cc3Cl)C(c3ccc(Cl)cc3)C2)c(C)c1. The molecule has 1 atom stereocenters. The summed E-state index contributed by atoms with van der Waals surface area (Å²) >= 11 is 18.8. The third kappa shape index (κ3) is 5.24. The Morgan fingerprint density at radius 1 is 0.879 bits per heavy atom. The van der Waals surface area contributed by atoms with E-state index in [1.165, 1.54) is 5.56 Å². The maximum absolute atomic E-state index is 13.3. The summed E-state index contributed by atoms with van der Waals surface area (Å²) in [7, 11) is 0. The predicted molar refractivity (Wildman–Crippen MR) is 139 cm³/mol. The molecule has 1 unspecified atom stereocenters. The number of rotatable bonds is 3. The fraction of sp³-hybridized carbons (Fsp3) is 0.269. The highest BCUT2D eigenvalue weighted by Gasteiger charge is 2.32. The van der Waals surface area contributed by atoms with Crippen LogP contribution >= 0.6 is 34.8 Å². The number of benzene rings is 3. The highest BCUT2D eigenvalue weighted by Crippen LogP contribution is 2.37. The van der Waals surface area contributed by atoms with E-state index in [-0.39, 0.29) is 12.1 Å². The molecule has 1 saturated heterocycles. The highest BCUT2D eigenvalue weighted by atomic mass is 35.5. The van der Waals surface area contributed by atoms with Gasteiger partial charge in [0.05, 0.1) is 16.8 Å². The molecular weight excluding hydrogens is 477 g/mol. The third-order valence-corrected chi connectivity index (χ3v) is 6.84. The van der Waals surface area contributed by atoms with Crippen LogP contribution in [0.25, 0.3) is 0 Å². The molecule has 0 saturated carbocycles. The molecule has 0 aromatic heterocycles. The Labute approximate surface area is 210 Å². The van der Waals surface area contributed by atoms with Crippen LogP contribution in [0.5, 0.6) is 0 Å². The van der Waals surface area contributed by atoms with Gasteiger partial charge < -0.3 is 15.1 Å². The number of carbonyl (C=O) groups is 1. The van der Waals surface area contributed by atoms with Crippen LogP contribution in [0.1, 0.15) is 28.3 Å². The van der Waals surface area contributed by atoms with Crippen LogP contribution in [0.2, 0.25) is 15.1 Å². The number of anilines is 2. The zero-order chi connectivity index (χ0) is 23.7. The summed E-state index contributed by atoms with van der Waals surface area (Å²) in [5.41, 5.74) is 6.12. The molecule has 0 radical (unpaired) electrons. The predicted octanol–water partition coefficient (Wildman–Crippen LogP) is 7.67. The average Bonchev–Trinajstić information content (AvgIpc) is 2.76. The summed E-state index contributed by atoms with van der Waals surface area (Å²) in [5, 5.41) is 4.99. The summed E-state index contributed by atoms with van der Waals surface area (Å²) in [6, 6.07) is 17.2. The molecule has 0 aliphatic carbocycles. The second-order valence-corrected chi connectivity index (χ2v) is 9.79. The molecule has 4 rings (SSSR count). The Balaban J connectivity index is 1.62. The lowest BCUT2D eigenvalue weighted by Crippen LogP contribution is -2.52. The molecule has 3 aromatic carbocycles. The monoisotopic (exact) mass is 501 g/mol. The minimum Gasteiger partial charge on any atom is -0.360 e. The van der Waals surface area contributed by atoms with Crippen LogP contribution in [-0.2, 0) is 0 Å². The van der Waals surface area contributed by atoms with Crippen LogP contribution in [0.15, 0.2) is 54.6 Å².